The first-order chi connectivity index (χ1) is 7.20. The fourth-order valence-electron chi connectivity index (χ4n) is 1.19. The van der Waals surface area contributed by atoms with E-state index < -0.39 is 0 Å². The van der Waals surface area contributed by atoms with E-state index >= 15 is 0 Å². The van der Waals surface area contributed by atoms with Gasteiger partial charge in [0.05, 0.1) is 12.8 Å². The van der Waals surface area contributed by atoms with Gasteiger partial charge in [0.1, 0.15) is 0 Å². The SMILES string of the molecule is COc1nc(N)n(-c2cccc(Br)c2)n1. The Morgan fingerprint density at radius 3 is 2.87 bits per heavy atom. The number of hydrogen-bond donors (Lipinski definition) is 1. The maximum atomic E-state index is 5.69. The molecule has 0 spiro atoms. The van der Waals surface area contributed by atoms with Crippen LogP contribution < -0.4 is 10.5 Å². The van der Waals surface area contributed by atoms with Gasteiger partial charge in [0.25, 0.3) is 0 Å². The first kappa shape index (κ1) is 9.97. The van der Waals surface area contributed by atoms with Gasteiger partial charge in [-0.2, -0.15) is 9.67 Å². The zero-order valence-corrected chi connectivity index (χ0v) is 9.60. The van der Waals surface area contributed by atoms with Gasteiger partial charge in [-0.1, -0.05) is 22.0 Å². The molecule has 0 radical (unpaired) electrons. The number of hydrogen-bond acceptors (Lipinski definition) is 4. The number of benzene rings is 1. The minimum atomic E-state index is 0.257. The normalized spacial score (nSPS) is 10.3. The number of nitrogens with two attached hydrogens (primary N) is 1. The van der Waals surface area contributed by atoms with Gasteiger partial charge < -0.3 is 10.5 Å². The van der Waals surface area contributed by atoms with E-state index in [0.29, 0.717) is 5.95 Å². The molecule has 6 heteroatoms. The molecular formula is C9H9BrN4O. The molecule has 2 N–H and O–H groups in total. The van der Waals surface area contributed by atoms with E-state index in [1.165, 1.54) is 11.8 Å². The van der Waals surface area contributed by atoms with Crippen molar-refractivity contribution < 1.29 is 4.74 Å². The molecule has 15 heavy (non-hydrogen) atoms. The second-order valence-corrected chi connectivity index (χ2v) is 3.76. The molecule has 5 nitrogen and oxygen atoms in total. The second kappa shape index (κ2) is 3.90. The fraction of sp³-hybridized carbons (Fsp3) is 0.111. The molecule has 2 rings (SSSR count). The van der Waals surface area contributed by atoms with E-state index in [1.54, 1.807) is 0 Å². The van der Waals surface area contributed by atoms with Crippen LogP contribution in [0.2, 0.25) is 0 Å². The third-order valence-corrected chi connectivity index (χ3v) is 2.34. The Bertz CT molecular complexity index is 483. The predicted molar refractivity (Wildman–Crippen MR) is 60.0 cm³/mol. The van der Waals surface area contributed by atoms with Crippen molar-refractivity contribution in [3.63, 3.8) is 0 Å². The van der Waals surface area contributed by atoms with Crippen molar-refractivity contribution in [3.05, 3.63) is 28.7 Å². The van der Waals surface area contributed by atoms with Gasteiger partial charge >= 0.3 is 6.01 Å². The van der Waals surface area contributed by atoms with E-state index in [-0.39, 0.29) is 6.01 Å². The Labute approximate surface area is 95.0 Å². The average molecular weight is 269 g/mol. The first-order valence-corrected chi connectivity index (χ1v) is 5.02. The molecule has 0 bridgehead atoms. The lowest BCUT2D eigenvalue weighted by Gasteiger charge is -2.01. The molecule has 0 atom stereocenters. The number of methoxy groups -OCH3 is 1. The van der Waals surface area contributed by atoms with Crippen molar-refractivity contribution in [1.29, 1.82) is 0 Å². The summed E-state index contributed by atoms with van der Waals surface area (Å²) in [5.74, 6) is 0.296. The number of aromatic nitrogens is 3. The van der Waals surface area contributed by atoms with Gasteiger partial charge in [-0.25, -0.2) is 0 Å². The summed E-state index contributed by atoms with van der Waals surface area (Å²) in [5.41, 5.74) is 6.52. The summed E-state index contributed by atoms with van der Waals surface area (Å²) < 4.78 is 7.36. The molecule has 78 valence electrons. The third-order valence-electron chi connectivity index (χ3n) is 1.85. The number of ether oxygens (including phenoxy) is 1. The third kappa shape index (κ3) is 1.94. The molecule has 1 aromatic heterocycles. The van der Waals surface area contributed by atoms with E-state index in [4.69, 9.17) is 10.5 Å². The van der Waals surface area contributed by atoms with Crippen molar-refractivity contribution in [3.8, 4) is 11.7 Å². The minimum Gasteiger partial charge on any atom is -0.466 e. The number of nitrogens with zero attached hydrogens (tertiary/aromatic N) is 3. The highest BCUT2D eigenvalue weighted by molar-refractivity contribution is 9.10. The Morgan fingerprint density at radius 1 is 1.47 bits per heavy atom. The zero-order valence-electron chi connectivity index (χ0n) is 8.01. The Kier molecular flexibility index (Phi) is 2.59. The van der Waals surface area contributed by atoms with E-state index in [0.717, 1.165) is 10.2 Å². The minimum absolute atomic E-state index is 0.257. The van der Waals surface area contributed by atoms with Crippen LogP contribution in [0.25, 0.3) is 5.69 Å². The van der Waals surface area contributed by atoms with E-state index in [1.807, 2.05) is 24.3 Å². The smallest absolute Gasteiger partial charge is 0.337 e. The number of rotatable bonds is 2. The lowest BCUT2D eigenvalue weighted by Crippen LogP contribution is -2.02. The predicted octanol–water partition coefficient (Wildman–Crippen LogP) is 1.62. The molecular weight excluding hydrogens is 260 g/mol. The maximum Gasteiger partial charge on any atom is 0.337 e. The Hall–Kier alpha value is -1.56. The van der Waals surface area contributed by atoms with Crippen LogP contribution in [0.5, 0.6) is 6.01 Å². The number of nitrogen functional groups attached to an aromatic ring is 1. The maximum absolute atomic E-state index is 5.69. The van der Waals surface area contributed by atoms with Crippen LogP contribution in [0, 0.1) is 0 Å². The van der Waals surface area contributed by atoms with Gasteiger partial charge in [0, 0.05) is 4.47 Å². The van der Waals surface area contributed by atoms with Crippen LogP contribution >= 0.6 is 15.9 Å². The van der Waals surface area contributed by atoms with Crippen LogP contribution in [0.4, 0.5) is 5.95 Å². The van der Waals surface area contributed by atoms with Gasteiger partial charge in [0.15, 0.2) is 0 Å². The van der Waals surface area contributed by atoms with Gasteiger partial charge in [0.2, 0.25) is 5.95 Å². The quantitative estimate of drug-likeness (QED) is 0.899. The summed E-state index contributed by atoms with van der Waals surface area (Å²) in [5, 5.41) is 4.08. The van der Waals surface area contributed by atoms with Crippen LogP contribution in [-0.2, 0) is 0 Å². The molecule has 0 aliphatic rings. The lowest BCUT2D eigenvalue weighted by molar-refractivity contribution is 0.380. The summed E-state index contributed by atoms with van der Waals surface area (Å²) in [6.07, 6.45) is 0. The summed E-state index contributed by atoms with van der Waals surface area (Å²) in [6, 6.07) is 7.85. The lowest BCUT2D eigenvalue weighted by atomic mass is 10.3. The average Bonchev–Trinajstić information content (AvgIpc) is 2.60. The van der Waals surface area contributed by atoms with Crippen molar-refractivity contribution >= 4 is 21.9 Å². The first-order valence-electron chi connectivity index (χ1n) is 4.23. The molecule has 0 fully saturated rings. The van der Waals surface area contributed by atoms with Gasteiger partial charge in [-0.15, -0.1) is 5.10 Å². The fourth-order valence-corrected chi connectivity index (χ4v) is 1.58. The van der Waals surface area contributed by atoms with Gasteiger partial charge in [-0.05, 0) is 18.2 Å². The monoisotopic (exact) mass is 268 g/mol. The van der Waals surface area contributed by atoms with Crippen molar-refractivity contribution in [1.82, 2.24) is 14.8 Å². The largest absolute Gasteiger partial charge is 0.466 e. The standard InChI is InChI=1S/C9H9BrN4O/c1-15-9-12-8(11)14(13-9)7-4-2-3-6(10)5-7/h2-5H,1H3,(H2,11,12,13). The number of anilines is 1. The summed E-state index contributed by atoms with van der Waals surface area (Å²) in [7, 11) is 1.50. The van der Waals surface area contributed by atoms with Crippen molar-refractivity contribution in [2.75, 3.05) is 12.8 Å². The molecule has 0 saturated heterocycles. The highest BCUT2D eigenvalue weighted by Crippen LogP contribution is 2.18. The Morgan fingerprint density at radius 2 is 2.27 bits per heavy atom. The van der Waals surface area contributed by atoms with Crippen LogP contribution in [-0.4, -0.2) is 21.9 Å². The molecule has 2 aromatic rings. The van der Waals surface area contributed by atoms with Crippen molar-refractivity contribution in [2.45, 2.75) is 0 Å². The van der Waals surface area contributed by atoms with Crippen molar-refractivity contribution in [2.24, 2.45) is 0 Å². The molecule has 0 aliphatic heterocycles. The van der Waals surface area contributed by atoms with Crippen LogP contribution in [0.1, 0.15) is 0 Å². The van der Waals surface area contributed by atoms with Gasteiger partial charge in [-0.3, -0.25) is 0 Å². The molecule has 1 aromatic carbocycles. The number of halogens is 1. The summed E-state index contributed by atoms with van der Waals surface area (Å²) in [4.78, 5) is 3.93. The molecule has 0 aliphatic carbocycles. The summed E-state index contributed by atoms with van der Waals surface area (Å²) >= 11 is 3.37. The second-order valence-electron chi connectivity index (χ2n) is 2.85. The molecule has 0 saturated carbocycles. The zero-order chi connectivity index (χ0) is 10.8. The molecule has 1 heterocycles. The Balaban J connectivity index is 2.48. The highest BCUT2D eigenvalue weighted by Gasteiger charge is 2.08. The van der Waals surface area contributed by atoms with Crippen LogP contribution in [0.15, 0.2) is 28.7 Å². The molecule has 0 amide bonds. The highest BCUT2D eigenvalue weighted by atomic mass is 79.9. The topological polar surface area (TPSA) is 66.0 Å². The van der Waals surface area contributed by atoms with E-state index in [2.05, 4.69) is 26.0 Å². The molecule has 0 unspecified atom stereocenters. The summed E-state index contributed by atoms with van der Waals surface area (Å²) in [6.45, 7) is 0. The van der Waals surface area contributed by atoms with Crippen LogP contribution in [0.3, 0.4) is 0 Å². The van der Waals surface area contributed by atoms with E-state index in [9.17, 15) is 0 Å².